The molecule has 1 N–H and O–H groups in total. The molecular formula is C35H48O5. The van der Waals surface area contributed by atoms with E-state index in [2.05, 4.69) is 49.2 Å². The molecule has 0 atom stereocenters. The lowest BCUT2D eigenvalue weighted by molar-refractivity contribution is -0.241. The number of hydrogen-bond donors (Lipinski definition) is 1. The normalized spacial score (nSPS) is 16.9. The highest BCUT2D eigenvalue weighted by Gasteiger charge is 2.22. The fraction of sp³-hybridized carbons (Fsp3) is 0.514. The van der Waals surface area contributed by atoms with Gasteiger partial charge in [-0.3, -0.25) is 5.26 Å². The molecule has 0 amide bonds. The number of hydrogen-bond acceptors (Lipinski definition) is 5. The Morgan fingerprint density at radius 1 is 0.850 bits per heavy atom. The molecule has 218 valence electrons. The summed E-state index contributed by atoms with van der Waals surface area (Å²) in [6, 6.07) is 15.0. The Morgan fingerprint density at radius 2 is 1.48 bits per heavy atom. The molecule has 0 aromatic heterocycles. The van der Waals surface area contributed by atoms with Crippen LogP contribution in [-0.4, -0.2) is 31.4 Å². The second-order valence-electron chi connectivity index (χ2n) is 11.2. The average Bonchev–Trinajstić information content (AvgIpc) is 2.97. The van der Waals surface area contributed by atoms with Crippen LogP contribution in [0.5, 0.6) is 11.5 Å². The molecule has 3 rings (SSSR count). The molecule has 1 aliphatic rings. The van der Waals surface area contributed by atoms with Gasteiger partial charge in [0.2, 0.25) is 0 Å². The number of ether oxygens (including phenoxy) is 2. The Labute approximate surface area is 241 Å². The minimum atomic E-state index is 0.234. The molecule has 1 saturated carbocycles. The predicted octanol–water partition coefficient (Wildman–Crippen LogP) is 9.33. The van der Waals surface area contributed by atoms with Crippen LogP contribution < -0.4 is 9.47 Å². The van der Waals surface area contributed by atoms with Gasteiger partial charge in [-0.05, 0) is 72.8 Å². The van der Waals surface area contributed by atoms with Crippen LogP contribution in [0.15, 0.2) is 66.8 Å². The number of benzene rings is 2. The van der Waals surface area contributed by atoms with Crippen LogP contribution in [0.2, 0.25) is 0 Å². The second kappa shape index (κ2) is 17.7. The van der Waals surface area contributed by atoms with Crippen molar-refractivity contribution < 1.29 is 24.4 Å². The SMILES string of the molecule is C=C(CC=O)CCOc1cc(OCCC(=C)CCOO)cc(-c2ccc(C3CCC(CCCCC)CC3)cc2)c1. The predicted molar refractivity (Wildman–Crippen MR) is 163 cm³/mol. The van der Waals surface area contributed by atoms with E-state index >= 15 is 0 Å². The Kier molecular flexibility index (Phi) is 14.0. The zero-order chi connectivity index (χ0) is 28.6. The highest BCUT2D eigenvalue weighted by molar-refractivity contribution is 5.67. The summed E-state index contributed by atoms with van der Waals surface area (Å²) in [5.74, 6) is 3.04. The fourth-order valence-electron chi connectivity index (χ4n) is 5.48. The number of unbranched alkanes of at least 4 members (excludes halogenated alkanes) is 2. The molecule has 5 nitrogen and oxygen atoms in total. The highest BCUT2D eigenvalue weighted by atomic mass is 17.1. The summed E-state index contributed by atoms with van der Waals surface area (Å²) in [6.07, 6.45) is 13.9. The van der Waals surface area contributed by atoms with Crippen molar-refractivity contribution in [2.75, 3.05) is 19.8 Å². The smallest absolute Gasteiger partial charge is 0.124 e. The molecule has 1 fully saturated rings. The molecular weight excluding hydrogens is 500 g/mol. The topological polar surface area (TPSA) is 65.0 Å². The van der Waals surface area contributed by atoms with Gasteiger partial charge >= 0.3 is 0 Å². The van der Waals surface area contributed by atoms with Crippen molar-refractivity contribution in [2.45, 2.75) is 89.9 Å². The summed E-state index contributed by atoms with van der Waals surface area (Å²) < 4.78 is 12.1. The first kappa shape index (κ1) is 31.6. The third-order valence-corrected chi connectivity index (χ3v) is 8.03. The molecule has 2 aromatic carbocycles. The van der Waals surface area contributed by atoms with E-state index in [1.807, 2.05) is 18.2 Å². The zero-order valence-electron chi connectivity index (χ0n) is 24.4. The Bertz CT molecular complexity index is 1050. The van der Waals surface area contributed by atoms with Crippen molar-refractivity contribution >= 4 is 6.29 Å². The summed E-state index contributed by atoms with van der Waals surface area (Å²) >= 11 is 0. The maximum absolute atomic E-state index is 10.7. The van der Waals surface area contributed by atoms with Gasteiger partial charge in [0.25, 0.3) is 0 Å². The van der Waals surface area contributed by atoms with Crippen LogP contribution in [-0.2, 0) is 9.68 Å². The van der Waals surface area contributed by atoms with Gasteiger partial charge in [-0.1, -0.05) is 81.2 Å². The van der Waals surface area contributed by atoms with E-state index in [-0.39, 0.29) is 6.61 Å². The van der Waals surface area contributed by atoms with Gasteiger partial charge in [0, 0.05) is 25.3 Å². The van der Waals surface area contributed by atoms with Gasteiger partial charge in [-0.25, -0.2) is 4.89 Å². The molecule has 0 radical (unpaired) electrons. The van der Waals surface area contributed by atoms with Crippen molar-refractivity contribution in [1.82, 2.24) is 0 Å². The standard InChI is InChI=1S/C35H48O5/c1-4-5-6-7-29-8-10-30(11-9-29)31-12-14-32(15-13-31)33-24-34(38-21-17-27(2)16-20-36)26-35(25-33)39-22-18-28(3)19-23-40-37/h12-15,20,24-26,29-30,37H,2-11,16-19,21-23H2,1H3. The van der Waals surface area contributed by atoms with Gasteiger partial charge < -0.3 is 14.3 Å². The molecule has 0 bridgehead atoms. The summed E-state index contributed by atoms with van der Waals surface area (Å²) in [5.41, 5.74) is 5.43. The fourth-order valence-corrected chi connectivity index (χ4v) is 5.48. The summed E-state index contributed by atoms with van der Waals surface area (Å²) in [7, 11) is 0. The molecule has 2 aromatic rings. The summed E-state index contributed by atoms with van der Waals surface area (Å²) in [4.78, 5) is 14.9. The van der Waals surface area contributed by atoms with Gasteiger partial charge in [-0.2, -0.15) is 0 Å². The lowest BCUT2D eigenvalue weighted by atomic mass is 9.77. The summed E-state index contributed by atoms with van der Waals surface area (Å²) in [5, 5.41) is 8.55. The van der Waals surface area contributed by atoms with Crippen molar-refractivity contribution in [2.24, 2.45) is 5.92 Å². The van der Waals surface area contributed by atoms with Crippen LogP contribution in [0.4, 0.5) is 0 Å². The lowest BCUT2D eigenvalue weighted by Crippen LogP contribution is -2.13. The first-order valence-electron chi connectivity index (χ1n) is 15.1. The molecule has 0 spiro atoms. The number of aldehydes is 1. The maximum Gasteiger partial charge on any atom is 0.124 e. The van der Waals surface area contributed by atoms with Gasteiger partial charge in [0.05, 0.1) is 19.8 Å². The van der Waals surface area contributed by atoms with E-state index in [0.29, 0.717) is 44.8 Å². The first-order chi connectivity index (χ1) is 19.5. The zero-order valence-corrected chi connectivity index (χ0v) is 24.4. The van der Waals surface area contributed by atoms with Crippen LogP contribution in [0.1, 0.15) is 95.5 Å². The van der Waals surface area contributed by atoms with E-state index in [1.165, 1.54) is 56.9 Å². The second-order valence-corrected chi connectivity index (χ2v) is 11.2. The third-order valence-electron chi connectivity index (χ3n) is 8.03. The van der Waals surface area contributed by atoms with Crippen LogP contribution in [0, 0.1) is 5.92 Å². The Hall–Kier alpha value is -2.89. The number of rotatable bonds is 19. The average molecular weight is 549 g/mol. The van der Waals surface area contributed by atoms with Gasteiger partial charge in [0.15, 0.2) is 0 Å². The number of carbonyl (C=O) groups excluding carboxylic acids is 1. The molecule has 0 saturated heterocycles. The molecule has 0 unspecified atom stereocenters. The van der Waals surface area contributed by atoms with E-state index in [4.69, 9.17) is 14.7 Å². The van der Waals surface area contributed by atoms with Crippen molar-refractivity contribution in [3.05, 3.63) is 72.3 Å². The van der Waals surface area contributed by atoms with Crippen molar-refractivity contribution in [3.8, 4) is 22.6 Å². The molecule has 40 heavy (non-hydrogen) atoms. The van der Waals surface area contributed by atoms with Crippen molar-refractivity contribution in [1.29, 1.82) is 0 Å². The van der Waals surface area contributed by atoms with Gasteiger partial charge in [-0.15, -0.1) is 0 Å². The maximum atomic E-state index is 10.7. The van der Waals surface area contributed by atoms with E-state index in [0.717, 1.165) is 46.0 Å². The minimum absolute atomic E-state index is 0.234. The minimum Gasteiger partial charge on any atom is -0.493 e. The van der Waals surface area contributed by atoms with Gasteiger partial charge in [0.1, 0.15) is 17.8 Å². The molecule has 5 heteroatoms. The Morgan fingerprint density at radius 3 is 2.08 bits per heavy atom. The van der Waals surface area contributed by atoms with Crippen LogP contribution in [0.25, 0.3) is 11.1 Å². The van der Waals surface area contributed by atoms with E-state index < -0.39 is 0 Å². The number of carbonyl (C=O) groups is 1. The quantitative estimate of drug-likeness (QED) is 0.0623. The van der Waals surface area contributed by atoms with E-state index in [1.54, 1.807) is 0 Å². The Balaban J connectivity index is 1.65. The highest BCUT2D eigenvalue weighted by Crippen LogP contribution is 2.39. The summed E-state index contributed by atoms with van der Waals surface area (Å²) in [6.45, 7) is 11.4. The first-order valence-corrected chi connectivity index (χ1v) is 15.1. The van der Waals surface area contributed by atoms with E-state index in [9.17, 15) is 4.79 Å². The largest absolute Gasteiger partial charge is 0.493 e. The monoisotopic (exact) mass is 548 g/mol. The van der Waals surface area contributed by atoms with Crippen LogP contribution in [0.3, 0.4) is 0 Å². The van der Waals surface area contributed by atoms with Crippen molar-refractivity contribution in [3.63, 3.8) is 0 Å². The molecule has 0 heterocycles. The molecule has 0 aliphatic heterocycles. The van der Waals surface area contributed by atoms with Crippen LogP contribution >= 0.6 is 0 Å². The third kappa shape index (κ3) is 10.9. The molecule has 1 aliphatic carbocycles. The lowest BCUT2D eigenvalue weighted by Gasteiger charge is -2.29.